The number of carbonyl (C=O) groups excluding carboxylic acids is 1. The van der Waals surface area contributed by atoms with Crippen LogP contribution < -0.4 is 11.1 Å². The molecule has 0 bridgehead atoms. The van der Waals surface area contributed by atoms with E-state index >= 15 is 0 Å². The van der Waals surface area contributed by atoms with Gasteiger partial charge in [0, 0.05) is 11.8 Å². The lowest BCUT2D eigenvalue weighted by atomic mass is 9.92. The molecule has 3 N–H and O–H groups in total. The number of piperidine rings is 1. The maximum atomic E-state index is 11.9. The first-order valence-corrected chi connectivity index (χ1v) is 9.43. The number of aromatic nitrogens is 4. The number of nitrogens with two attached hydrogens (primary N) is 1. The largest absolute Gasteiger partial charge is 0.364 e. The summed E-state index contributed by atoms with van der Waals surface area (Å²) >= 11 is 1.52. The molecule has 4 rings (SSSR count). The average Bonchev–Trinajstić information content (AvgIpc) is 3.02. The number of nitrogens with one attached hydrogen (secondary N) is 1. The highest BCUT2D eigenvalue weighted by molar-refractivity contribution is 7.98. The number of rotatable bonds is 3. The minimum absolute atomic E-state index is 0.270. The molecule has 126 valence electrons. The number of nitrogens with zero attached hydrogens (tertiary/aromatic N) is 4. The highest BCUT2D eigenvalue weighted by atomic mass is 32.2. The molecule has 1 aliphatic heterocycles. The fraction of sp³-hybridized carbons (Fsp3) is 0.500. The molecule has 0 radical (unpaired) electrons. The van der Waals surface area contributed by atoms with E-state index in [2.05, 4.69) is 15.4 Å². The van der Waals surface area contributed by atoms with Crippen LogP contribution in [0, 0.1) is 0 Å². The molecule has 1 aliphatic carbocycles. The summed E-state index contributed by atoms with van der Waals surface area (Å²) in [4.78, 5) is 21.0. The van der Waals surface area contributed by atoms with Gasteiger partial charge in [-0.15, -0.1) is 0 Å². The van der Waals surface area contributed by atoms with E-state index in [4.69, 9.17) is 10.7 Å². The van der Waals surface area contributed by atoms with Gasteiger partial charge < -0.3 is 11.1 Å². The SMILES string of the molecule is CSc1ncc2c(n1)-c1c(c(C(N)=O)nn1C1CCNCC1)CC2. The summed E-state index contributed by atoms with van der Waals surface area (Å²) in [7, 11) is 0. The second-order valence-electron chi connectivity index (χ2n) is 6.20. The normalized spacial score (nSPS) is 17.4. The number of thioether (sulfide) groups is 1. The zero-order chi connectivity index (χ0) is 16.7. The summed E-state index contributed by atoms with van der Waals surface area (Å²) < 4.78 is 2.01. The molecule has 1 saturated heterocycles. The van der Waals surface area contributed by atoms with E-state index in [1.165, 1.54) is 11.8 Å². The predicted octanol–water partition coefficient (Wildman–Crippen LogP) is 1.18. The van der Waals surface area contributed by atoms with Crippen molar-refractivity contribution in [1.29, 1.82) is 0 Å². The van der Waals surface area contributed by atoms with Gasteiger partial charge in [0.25, 0.3) is 5.91 Å². The molecule has 0 unspecified atom stereocenters. The van der Waals surface area contributed by atoms with Crippen LogP contribution in [0.25, 0.3) is 11.4 Å². The molecule has 0 atom stereocenters. The van der Waals surface area contributed by atoms with E-state index in [0.717, 1.165) is 66.4 Å². The summed E-state index contributed by atoms with van der Waals surface area (Å²) in [5.41, 5.74) is 9.93. The van der Waals surface area contributed by atoms with E-state index in [9.17, 15) is 4.79 Å². The van der Waals surface area contributed by atoms with Gasteiger partial charge in [-0.25, -0.2) is 9.97 Å². The van der Waals surface area contributed by atoms with E-state index in [1.54, 1.807) is 0 Å². The van der Waals surface area contributed by atoms with Crippen LogP contribution in [-0.4, -0.2) is 45.0 Å². The van der Waals surface area contributed by atoms with Crippen LogP contribution in [0.15, 0.2) is 11.4 Å². The van der Waals surface area contributed by atoms with Crippen molar-refractivity contribution in [2.45, 2.75) is 36.9 Å². The summed E-state index contributed by atoms with van der Waals surface area (Å²) in [6, 6.07) is 0.270. The van der Waals surface area contributed by atoms with Gasteiger partial charge in [0.05, 0.1) is 17.4 Å². The van der Waals surface area contributed by atoms with Crippen LogP contribution >= 0.6 is 11.8 Å². The van der Waals surface area contributed by atoms with E-state index in [-0.39, 0.29) is 6.04 Å². The van der Waals surface area contributed by atoms with E-state index in [1.807, 2.05) is 17.1 Å². The van der Waals surface area contributed by atoms with Crippen molar-refractivity contribution < 1.29 is 4.79 Å². The first kappa shape index (κ1) is 15.6. The average molecular weight is 344 g/mol. The van der Waals surface area contributed by atoms with Crippen LogP contribution in [-0.2, 0) is 12.8 Å². The van der Waals surface area contributed by atoms with Crippen molar-refractivity contribution in [3.63, 3.8) is 0 Å². The molecule has 3 heterocycles. The monoisotopic (exact) mass is 344 g/mol. The second-order valence-corrected chi connectivity index (χ2v) is 6.97. The number of carbonyl (C=O) groups is 1. The molecule has 24 heavy (non-hydrogen) atoms. The lowest BCUT2D eigenvalue weighted by Gasteiger charge is -2.26. The second kappa shape index (κ2) is 6.18. The van der Waals surface area contributed by atoms with Gasteiger partial charge in [-0.2, -0.15) is 5.10 Å². The zero-order valence-electron chi connectivity index (χ0n) is 13.6. The van der Waals surface area contributed by atoms with Gasteiger partial charge in [0.2, 0.25) is 0 Å². The van der Waals surface area contributed by atoms with Crippen molar-refractivity contribution in [2.75, 3.05) is 19.3 Å². The molecule has 1 fully saturated rings. The molecule has 0 saturated carbocycles. The van der Waals surface area contributed by atoms with E-state index < -0.39 is 5.91 Å². The number of hydrogen-bond donors (Lipinski definition) is 2. The Kier molecular flexibility index (Phi) is 4.01. The molecule has 2 aliphatic rings. The minimum atomic E-state index is -0.457. The van der Waals surface area contributed by atoms with Crippen LogP contribution in [0.5, 0.6) is 0 Å². The first-order valence-electron chi connectivity index (χ1n) is 8.21. The van der Waals surface area contributed by atoms with Crippen molar-refractivity contribution in [3.05, 3.63) is 23.0 Å². The number of amides is 1. The molecule has 8 heteroatoms. The maximum Gasteiger partial charge on any atom is 0.269 e. The molecule has 2 aromatic rings. The third-order valence-corrected chi connectivity index (χ3v) is 5.35. The first-order chi connectivity index (χ1) is 11.7. The predicted molar refractivity (Wildman–Crippen MR) is 92.1 cm³/mol. The highest BCUT2D eigenvalue weighted by Crippen LogP contribution is 2.37. The maximum absolute atomic E-state index is 11.9. The molecule has 2 aromatic heterocycles. The third kappa shape index (κ3) is 2.50. The topological polar surface area (TPSA) is 98.7 Å². The van der Waals surface area contributed by atoms with Gasteiger partial charge >= 0.3 is 0 Å². The Labute approximate surface area is 144 Å². The Hall–Kier alpha value is -1.93. The molecule has 7 nitrogen and oxygen atoms in total. The molecule has 0 aromatic carbocycles. The van der Waals surface area contributed by atoms with Gasteiger partial charge in [-0.1, -0.05) is 11.8 Å². The third-order valence-electron chi connectivity index (χ3n) is 4.79. The van der Waals surface area contributed by atoms with Crippen LogP contribution in [0.4, 0.5) is 0 Å². The van der Waals surface area contributed by atoms with Crippen LogP contribution in [0.2, 0.25) is 0 Å². The fourth-order valence-corrected chi connectivity index (χ4v) is 3.95. The summed E-state index contributed by atoms with van der Waals surface area (Å²) in [6.07, 6.45) is 7.41. The number of hydrogen-bond acceptors (Lipinski definition) is 6. The minimum Gasteiger partial charge on any atom is -0.364 e. The Morgan fingerprint density at radius 2 is 2.17 bits per heavy atom. The Morgan fingerprint density at radius 1 is 1.38 bits per heavy atom. The lowest BCUT2D eigenvalue weighted by molar-refractivity contribution is 0.0993. The van der Waals surface area contributed by atoms with Crippen LogP contribution in [0.1, 0.15) is 40.5 Å². The standard InChI is InChI=1S/C16H20N6OS/c1-24-16-19-8-9-2-3-11-13(15(17)23)21-22(14(11)12(9)20-16)10-4-6-18-7-5-10/h8,10,18H,2-7H2,1H3,(H2,17,23). The lowest BCUT2D eigenvalue weighted by Crippen LogP contribution is -2.30. The Bertz CT molecular complexity index is 796. The van der Waals surface area contributed by atoms with Crippen molar-refractivity contribution >= 4 is 17.7 Å². The summed E-state index contributed by atoms with van der Waals surface area (Å²) in [5, 5.41) is 8.72. The highest BCUT2D eigenvalue weighted by Gasteiger charge is 2.31. The van der Waals surface area contributed by atoms with Crippen LogP contribution in [0.3, 0.4) is 0 Å². The van der Waals surface area contributed by atoms with Crippen molar-refractivity contribution in [2.24, 2.45) is 5.73 Å². The molecule has 0 spiro atoms. The van der Waals surface area contributed by atoms with Crippen molar-refractivity contribution in [3.8, 4) is 11.4 Å². The molecular weight excluding hydrogens is 324 g/mol. The van der Waals surface area contributed by atoms with Gasteiger partial charge in [0.15, 0.2) is 10.9 Å². The summed E-state index contributed by atoms with van der Waals surface area (Å²) in [5.74, 6) is -0.457. The number of primary amides is 1. The Morgan fingerprint density at radius 3 is 2.88 bits per heavy atom. The fourth-order valence-electron chi connectivity index (χ4n) is 3.61. The van der Waals surface area contributed by atoms with Gasteiger partial charge in [0.1, 0.15) is 0 Å². The van der Waals surface area contributed by atoms with Gasteiger partial charge in [-0.3, -0.25) is 9.48 Å². The Balaban J connectivity index is 1.91. The smallest absolute Gasteiger partial charge is 0.269 e. The van der Waals surface area contributed by atoms with Gasteiger partial charge in [-0.05, 0) is 50.6 Å². The zero-order valence-corrected chi connectivity index (χ0v) is 14.4. The number of fused-ring (bicyclic) bond motifs is 3. The number of aryl methyl sites for hydroxylation is 1. The van der Waals surface area contributed by atoms with E-state index in [0.29, 0.717) is 5.69 Å². The molecular formula is C16H20N6OS. The summed E-state index contributed by atoms with van der Waals surface area (Å²) in [6.45, 7) is 1.91. The quantitative estimate of drug-likeness (QED) is 0.641. The van der Waals surface area contributed by atoms with Crippen molar-refractivity contribution in [1.82, 2.24) is 25.1 Å². The molecule has 1 amide bonds.